The molecule has 0 saturated heterocycles. The van der Waals surface area contributed by atoms with Crippen molar-refractivity contribution in [1.82, 2.24) is 0 Å². The molecule has 0 spiro atoms. The SMILES string of the molecule is O=C1CCCC=C1C/C=C/c1ccccc1. The lowest BCUT2D eigenvalue weighted by Crippen LogP contribution is -2.05. The maximum absolute atomic E-state index is 11.5. The Bertz CT molecular complexity index is 412. The molecule has 0 N–H and O–H groups in total. The van der Waals surface area contributed by atoms with Crippen molar-refractivity contribution in [1.29, 1.82) is 0 Å². The van der Waals surface area contributed by atoms with Crippen LogP contribution in [0.3, 0.4) is 0 Å². The number of carbonyl (C=O) groups excluding carboxylic acids is 1. The first-order chi connectivity index (χ1) is 7.86. The zero-order chi connectivity index (χ0) is 11.2. The minimum Gasteiger partial charge on any atom is -0.295 e. The van der Waals surface area contributed by atoms with Crippen LogP contribution in [0.25, 0.3) is 6.08 Å². The highest BCUT2D eigenvalue weighted by molar-refractivity contribution is 5.96. The summed E-state index contributed by atoms with van der Waals surface area (Å²) in [5.41, 5.74) is 2.17. The van der Waals surface area contributed by atoms with E-state index in [0.717, 1.165) is 31.3 Å². The lowest BCUT2D eigenvalue weighted by Gasteiger charge is -2.08. The summed E-state index contributed by atoms with van der Waals surface area (Å²) in [5.74, 6) is 0.323. The largest absolute Gasteiger partial charge is 0.295 e. The van der Waals surface area contributed by atoms with Crippen LogP contribution in [-0.2, 0) is 4.79 Å². The van der Waals surface area contributed by atoms with E-state index in [2.05, 4.69) is 30.4 Å². The van der Waals surface area contributed by atoms with Gasteiger partial charge >= 0.3 is 0 Å². The minimum absolute atomic E-state index is 0.323. The van der Waals surface area contributed by atoms with Gasteiger partial charge in [-0.3, -0.25) is 4.79 Å². The monoisotopic (exact) mass is 212 g/mol. The fraction of sp³-hybridized carbons (Fsp3) is 0.267. The Kier molecular flexibility index (Phi) is 3.71. The number of Topliss-reactive ketones (excluding diaryl/α,β-unsaturated/α-hetero) is 1. The van der Waals surface area contributed by atoms with Crippen molar-refractivity contribution >= 4 is 11.9 Å². The van der Waals surface area contributed by atoms with E-state index < -0.39 is 0 Å². The van der Waals surface area contributed by atoms with Crippen molar-refractivity contribution in [3.8, 4) is 0 Å². The molecule has 2 rings (SSSR count). The van der Waals surface area contributed by atoms with Gasteiger partial charge < -0.3 is 0 Å². The van der Waals surface area contributed by atoms with Gasteiger partial charge in [0.05, 0.1) is 0 Å². The number of benzene rings is 1. The van der Waals surface area contributed by atoms with Crippen molar-refractivity contribution in [3.63, 3.8) is 0 Å². The highest BCUT2D eigenvalue weighted by atomic mass is 16.1. The number of rotatable bonds is 3. The second-order valence-electron chi connectivity index (χ2n) is 4.06. The molecular weight excluding hydrogens is 196 g/mol. The van der Waals surface area contributed by atoms with Crippen LogP contribution in [0.2, 0.25) is 0 Å². The van der Waals surface area contributed by atoms with Gasteiger partial charge in [0.2, 0.25) is 0 Å². The van der Waals surface area contributed by atoms with Crippen LogP contribution in [0.1, 0.15) is 31.2 Å². The minimum atomic E-state index is 0.323. The summed E-state index contributed by atoms with van der Waals surface area (Å²) in [6.45, 7) is 0. The molecule has 1 aliphatic carbocycles. The van der Waals surface area contributed by atoms with Gasteiger partial charge in [-0.25, -0.2) is 0 Å². The molecule has 0 aromatic heterocycles. The third-order valence-electron chi connectivity index (χ3n) is 2.80. The molecule has 16 heavy (non-hydrogen) atoms. The average Bonchev–Trinajstić information content (AvgIpc) is 2.33. The van der Waals surface area contributed by atoms with Gasteiger partial charge in [-0.2, -0.15) is 0 Å². The van der Waals surface area contributed by atoms with Crippen LogP contribution < -0.4 is 0 Å². The lowest BCUT2D eigenvalue weighted by molar-refractivity contribution is -0.116. The molecular formula is C15H16O. The number of allylic oxidation sites excluding steroid dienone is 3. The van der Waals surface area contributed by atoms with Gasteiger partial charge in [-0.1, -0.05) is 48.6 Å². The van der Waals surface area contributed by atoms with E-state index in [-0.39, 0.29) is 0 Å². The zero-order valence-electron chi connectivity index (χ0n) is 9.36. The molecule has 1 nitrogen and oxygen atoms in total. The first-order valence-electron chi connectivity index (χ1n) is 5.80. The summed E-state index contributed by atoms with van der Waals surface area (Å²) >= 11 is 0. The number of carbonyl (C=O) groups is 1. The average molecular weight is 212 g/mol. The molecule has 0 unspecified atom stereocenters. The molecule has 1 aromatic rings. The van der Waals surface area contributed by atoms with E-state index >= 15 is 0 Å². The summed E-state index contributed by atoms with van der Waals surface area (Å²) in [5, 5.41) is 0. The van der Waals surface area contributed by atoms with E-state index in [1.165, 1.54) is 5.56 Å². The lowest BCUT2D eigenvalue weighted by atomic mass is 9.95. The standard InChI is InChI=1S/C15H16O/c16-15-12-5-4-10-14(15)11-6-9-13-7-2-1-3-8-13/h1-3,6-10H,4-5,11-12H2/b9-6+. The highest BCUT2D eigenvalue weighted by Crippen LogP contribution is 2.17. The molecule has 0 saturated carbocycles. The van der Waals surface area contributed by atoms with Crippen LogP contribution in [0, 0.1) is 0 Å². The molecule has 1 heteroatoms. The first kappa shape index (κ1) is 10.9. The summed E-state index contributed by atoms with van der Waals surface area (Å²) in [4.78, 5) is 11.5. The van der Waals surface area contributed by atoms with Gasteiger partial charge in [0.15, 0.2) is 5.78 Å². The maximum atomic E-state index is 11.5. The van der Waals surface area contributed by atoms with Gasteiger partial charge in [-0.05, 0) is 30.4 Å². The van der Waals surface area contributed by atoms with Crippen LogP contribution >= 0.6 is 0 Å². The topological polar surface area (TPSA) is 17.1 Å². The van der Waals surface area contributed by atoms with Gasteiger partial charge in [0, 0.05) is 6.42 Å². The van der Waals surface area contributed by atoms with Crippen LogP contribution in [-0.4, -0.2) is 5.78 Å². The van der Waals surface area contributed by atoms with Crippen molar-refractivity contribution in [2.24, 2.45) is 0 Å². The molecule has 0 amide bonds. The molecule has 1 aromatic carbocycles. The van der Waals surface area contributed by atoms with Crippen molar-refractivity contribution in [2.45, 2.75) is 25.7 Å². The Morgan fingerprint density at radius 3 is 2.75 bits per heavy atom. The fourth-order valence-electron chi connectivity index (χ4n) is 1.90. The van der Waals surface area contributed by atoms with Gasteiger partial charge in [-0.15, -0.1) is 0 Å². The Balaban J connectivity index is 1.94. The van der Waals surface area contributed by atoms with E-state index in [4.69, 9.17) is 0 Å². The first-order valence-corrected chi connectivity index (χ1v) is 5.80. The van der Waals surface area contributed by atoms with E-state index in [1.54, 1.807) is 0 Å². The quantitative estimate of drug-likeness (QED) is 0.745. The summed E-state index contributed by atoms with van der Waals surface area (Å²) in [6.07, 6.45) is 9.80. The van der Waals surface area contributed by atoms with Crippen LogP contribution in [0.4, 0.5) is 0 Å². The molecule has 0 radical (unpaired) electrons. The van der Waals surface area contributed by atoms with Crippen molar-refractivity contribution < 1.29 is 4.79 Å². The Morgan fingerprint density at radius 1 is 1.19 bits per heavy atom. The van der Waals surface area contributed by atoms with Gasteiger partial charge in [0.1, 0.15) is 0 Å². The van der Waals surface area contributed by atoms with E-state index in [0.29, 0.717) is 5.78 Å². The molecule has 0 fully saturated rings. The zero-order valence-corrected chi connectivity index (χ0v) is 9.36. The van der Waals surface area contributed by atoms with E-state index in [1.807, 2.05) is 18.2 Å². The molecule has 0 atom stereocenters. The van der Waals surface area contributed by atoms with Crippen molar-refractivity contribution in [2.75, 3.05) is 0 Å². The third kappa shape index (κ3) is 2.93. The summed E-state index contributed by atoms with van der Waals surface area (Å²) in [7, 11) is 0. The predicted molar refractivity (Wildman–Crippen MR) is 67.0 cm³/mol. The molecule has 0 bridgehead atoms. The maximum Gasteiger partial charge on any atom is 0.158 e. The van der Waals surface area contributed by atoms with Crippen LogP contribution in [0.5, 0.6) is 0 Å². The van der Waals surface area contributed by atoms with Gasteiger partial charge in [0.25, 0.3) is 0 Å². The third-order valence-corrected chi connectivity index (χ3v) is 2.80. The normalized spacial score (nSPS) is 16.5. The Hall–Kier alpha value is -1.63. The Labute approximate surface area is 96.5 Å². The molecule has 82 valence electrons. The number of ketones is 1. The van der Waals surface area contributed by atoms with E-state index in [9.17, 15) is 4.79 Å². The molecule has 1 aliphatic rings. The predicted octanol–water partition coefficient (Wildman–Crippen LogP) is 3.77. The second kappa shape index (κ2) is 5.45. The van der Waals surface area contributed by atoms with Crippen molar-refractivity contribution in [3.05, 3.63) is 53.6 Å². The molecule has 0 heterocycles. The second-order valence-corrected chi connectivity index (χ2v) is 4.06. The smallest absolute Gasteiger partial charge is 0.158 e. The van der Waals surface area contributed by atoms with Crippen LogP contribution in [0.15, 0.2) is 48.1 Å². The highest BCUT2D eigenvalue weighted by Gasteiger charge is 2.11. The number of hydrogen-bond donors (Lipinski definition) is 0. The Morgan fingerprint density at radius 2 is 2.00 bits per heavy atom. The molecule has 0 aliphatic heterocycles. The summed E-state index contributed by atoms with van der Waals surface area (Å²) < 4.78 is 0. The summed E-state index contributed by atoms with van der Waals surface area (Å²) in [6, 6.07) is 10.2. The fourth-order valence-corrected chi connectivity index (χ4v) is 1.90. The number of hydrogen-bond acceptors (Lipinski definition) is 1.